The number of nitrogens with zero attached hydrogens (tertiary/aromatic N) is 2. The van der Waals surface area contributed by atoms with Gasteiger partial charge in [0, 0.05) is 23.3 Å². The van der Waals surface area contributed by atoms with Gasteiger partial charge in [-0.05, 0) is 66.8 Å². The van der Waals surface area contributed by atoms with Crippen LogP contribution in [0.5, 0.6) is 0 Å². The number of hydrogen-bond donors (Lipinski definition) is 1. The summed E-state index contributed by atoms with van der Waals surface area (Å²) in [4.78, 5) is 9.52. The Bertz CT molecular complexity index is 978. The number of halogens is 2. The molecule has 6 heteroatoms. The third kappa shape index (κ3) is 4.95. The second kappa shape index (κ2) is 9.48. The van der Waals surface area contributed by atoms with E-state index in [0.29, 0.717) is 16.1 Å². The molecule has 3 nitrogen and oxygen atoms in total. The molecule has 2 atom stereocenters. The maximum atomic E-state index is 6.51. The zero-order valence-electron chi connectivity index (χ0n) is 16.0. The number of aromatic nitrogens is 2. The molecule has 1 aliphatic carbocycles. The minimum absolute atomic E-state index is 0.105. The Morgan fingerprint density at radius 2 is 1.83 bits per heavy atom. The number of aryl methyl sites for hydroxylation is 1. The molecule has 4 rings (SSSR count). The normalized spacial score (nSPS) is 19.7. The average molecular weight is 444 g/mol. The Morgan fingerprint density at radius 3 is 2.66 bits per heavy atom. The topological polar surface area (TPSA) is 51.8 Å². The fraction of sp³-hybridized carbons (Fsp3) is 0.304. The first-order valence-corrected chi connectivity index (χ1v) is 11.5. The van der Waals surface area contributed by atoms with Crippen molar-refractivity contribution in [3.63, 3.8) is 0 Å². The molecule has 0 amide bonds. The summed E-state index contributed by atoms with van der Waals surface area (Å²) in [5.74, 6) is 0.487. The molecule has 0 radical (unpaired) electrons. The lowest BCUT2D eigenvalue weighted by atomic mass is 9.90. The molecular formula is C23H23Cl2N3S. The molecule has 29 heavy (non-hydrogen) atoms. The van der Waals surface area contributed by atoms with Crippen LogP contribution in [-0.2, 0) is 6.42 Å². The Kier molecular flexibility index (Phi) is 6.76. The summed E-state index contributed by atoms with van der Waals surface area (Å²) in [6.45, 7) is 0. The van der Waals surface area contributed by atoms with Gasteiger partial charge in [-0.2, -0.15) is 0 Å². The lowest BCUT2D eigenvalue weighted by Gasteiger charge is -2.18. The van der Waals surface area contributed by atoms with Crippen molar-refractivity contribution in [1.29, 1.82) is 0 Å². The molecule has 2 N–H and O–H groups in total. The second-order valence-electron chi connectivity index (χ2n) is 7.42. The van der Waals surface area contributed by atoms with E-state index < -0.39 is 0 Å². The van der Waals surface area contributed by atoms with Gasteiger partial charge in [0.05, 0.1) is 5.02 Å². The van der Waals surface area contributed by atoms with E-state index in [1.54, 1.807) is 6.20 Å². The van der Waals surface area contributed by atoms with E-state index in [9.17, 15) is 0 Å². The summed E-state index contributed by atoms with van der Waals surface area (Å²) >= 11 is 13.7. The van der Waals surface area contributed by atoms with E-state index in [1.807, 2.05) is 12.3 Å². The molecule has 2 aromatic heterocycles. The van der Waals surface area contributed by atoms with E-state index in [2.05, 4.69) is 46.4 Å². The summed E-state index contributed by atoms with van der Waals surface area (Å²) < 4.78 is 0. The summed E-state index contributed by atoms with van der Waals surface area (Å²) in [5, 5.41) is 1.68. The molecule has 2 heterocycles. The number of nitrogens with two attached hydrogens (primary N) is 1. The maximum absolute atomic E-state index is 6.51. The number of rotatable bonds is 3. The monoisotopic (exact) mass is 443 g/mol. The zero-order valence-corrected chi connectivity index (χ0v) is 18.4. The molecule has 0 spiro atoms. The van der Waals surface area contributed by atoms with Gasteiger partial charge >= 0.3 is 0 Å². The zero-order chi connectivity index (χ0) is 20.2. The minimum Gasteiger partial charge on any atom is -0.324 e. The molecule has 1 aromatic carbocycles. The fourth-order valence-corrected chi connectivity index (χ4v) is 5.19. The first-order valence-electron chi connectivity index (χ1n) is 9.89. The number of hydrogen-bond acceptors (Lipinski definition) is 4. The Balaban J connectivity index is 1.47. The van der Waals surface area contributed by atoms with Crippen molar-refractivity contribution in [3.05, 3.63) is 81.7 Å². The molecule has 0 bridgehead atoms. The van der Waals surface area contributed by atoms with Crippen molar-refractivity contribution in [2.45, 2.75) is 54.0 Å². The number of fused-ring (bicyclic) bond motifs is 1. The van der Waals surface area contributed by atoms with Crippen LogP contribution in [0, 0.1) is 0 Å². The van der Waals surface area contributed by atoms with Crippen LogP contribution < -0.4 is 5.73 Å². The van der Waals surface area contributed by atoms with Gasteiger partial charge < -0.3 is 5.73 Å². The van der Waals surface area contributed by atoms with Crippen LogP contribution >= 0.6 is 35.0 Å². The lowest BCUT2D eigenvalue weighted by molar-refractivity contribution is 0.509. The summed E-state index contributed by atoms with van der Waals surface area (Å²) in [7, 11) is 0. The van der Waals surface area contributed by atoms with Crippen molar-refractivity contribution >= 4 is 35.0 Å². The van der Waals surface area contributed by atoms with Crippen LogP contribution in [0.25, 0.3) is 0 Å². The highest BCUT2D eigenvalue weighted by Crippen LogP contribution is 2.37. The molecule has 1 aliphatic rings. The SMILES string of the molecule is N[C@@H]1CC[C@H](c2ccc(Sc3ccnc(Cl)c3Cl)nc2)CCCc2ccccc21. The van der Waals surface area contributed by atoms with E-state index in [1.165, 1.54) is 28.5 Å². The van der Waals surface area contributed by atoms with Gasteiger partial charge in [0.1, 0.15) is 10.2 Å². The van der Waals surface area contributed by atoms with Gasteiger partial charge in [-0.3, -0.25) is 0 Å². The van der Waals surface area contributed by atoms with Crippen LogP contribution in [0.1, 0.15) is 54.3 Å². The molecule has 0 saturated carbocycles. The van der Waals surface area contributed by atoms with Crippen LogP contribution in [0.4, 0.5) is 0 Å². The van der Waals surface area contributed by atoms with Crippen LogP contribution in [0.15, 0.2) is 64.8 Å². The van der Waals surface area contributed by atoms with E-state index in [0.717, 1.165) is 42.0 Å². The van der Waals surface area contributed by atoms with Crippen LogP contribution in [0.3, 0.4) is 0 Å². The van der Waals surface area contributed by atoms with Gasteiger partial charge in [0.2, 0.25) is 0 Å². The Morgan fingerprint density at radius 1 is 0.966 bits per heavy atom. The Hall–Kier alpha value is -1.59. The van der Waals surface area contributed by atoms with Crippen molar-refractivity contribution < 1.29 is 0 Å². The molecular weight excluding hydrogens is 421 g/mol. The molecule has 0 saturated heterocycles. The molecule has 0 unspecified atom stereocenters. The van der Waals surface area contributed by atoms with Gasteiger partial charge in [-0.1, -0.05) is 65.3 Å². The third-order valence-corrected chi connectivity index (χ3v) is 7.42. The summed E-state index contributed by atoms with van der Waals surface area (Å²) in [5.41, 5.74) is 10.5. The van der Waals surface area contributed by atoms with Crippen molar-refractivity contribution in [2.75, 3.05) is 0 Å². The van der Waals surface area contributed by atoms with Crippen molar-refractivity contribution in [2.24, 2.45) is 5.73 Å². The van der Waals surface area contributed by atoms with Crippen LogP contribution in [-0.4, -0.2) is 9.97 Å². The predicted molar refractivity (Wildman–Crippen MR) is 121 cm³/mol. The standard InChI is InChI=1S/C23H23Cl2N3S/c24-22-20(12-13-27-23(22)25)29-21-11-9-17(14-28-21)15-5-3-6-16-4-1-2-7-18(16)19(26)10-8-15/h1-2,4,7,9,11-15,19H,3,5-6,8,10,26H2/t15-,19-/m1/s1. The minimum atomic E-state index is 0.105. The smallest absolute Gasteiger partial charge is 0.148 e. The Labute approximate surface area is 186 Å². The highest BCUT2D eigenvalue weighted by molar-refractivity contribution is 7.99. The average Bonchev–Trinajstić information content (AvgIpc) is 2.82. The van der Waals surface area contributed by atoms with Gasteiger partial charge in [0.15, 0.2) is 0 Å². The number of benzene rings is 1. The van der Waals surface area contributed by atoms with E-state index in [-0.39, 0.29) is 6.04 Å². The second-order valence-corrected chi connectivity index (χ2v) is 9.22. The van der Waals surface area contributed by atoms with Crippen molar-refractivity contribution in [1.82, 2.24) is 9.97 Å². The van der Waals surface area contributed by atoms with Gasteiger partial charge in [-0.25, -0.2) is 9.97 Å². The predicted octanol–water partition coefficient (Wildman–Crippen LogP) is 6.83. The first-order chi connectivity index (χ1) is 14.1. The highest BCUT2D eigenvalue weighted by atomic mass is 35.5. The van der Waals surface area contributed by atoms with E-state index >= 15 is 0 Å². The van der Waals surface area contributed by atoms with Gasteiger partial charge in [0.25, 0.3) is 0 Å². The summed E-state index contributed by atoms with van der Waals surface area (Å²) in [6, 6.07) is 14.8. The molecule has 150 valence electrons. The van der Waals surface area contributed by atoms with Crippen molar-refractivity contribution in [3.8, 4) is 0 Å². The maximum Gasteiger partial charge on any atom is 0.148 e. The molecule has 0 fully saturated rings. The molecule has 0 aliphatic heterocycles. The highest BCUT2D eigenvalue weighted by Gasteiger charge is 2.19. The molecule has 3 aromatic rings. The van der Waals surface area contributed by atoms with E-state index in [4.69, 9.17) is 28.9 Å². The summed E-state index contributed by atoms with van der Waals surface area (Å²) in [6.07, 6.45) is 9.13. The lowest BCUT2D eigenvalue weighted by Crippen LogP contribution is -2.13. The first kappa shape index (κ1) is 20.7. The quantitative estimate of drug-likeness (QED) is 0.450. The largest absolute Gasteiger partial charge is 0.324 e. The van der Waals surface area contributed by atoms with Crippen LogP contribution in [0.2, 0.25) is 10.2 Å². The fourth-order valence-electron chi connectivity index (χ4n) is 3.96. The third-order valence-electron chi connectivity index (χ3n) is 5.54. The number of pyridine rings is 2. The van der Waals surface area contributed by atoms with Gasteiger partial charge in [-0.15, -0.1) is 0 Å².